The molecule has 0 aliphatic heterocycles. The molecule has 0 aromatic carbocycles. The molecule has 0 saturated heterocycles. The lowest BCUT2D eigenvalue weighted by Gasteiger charge is -2.38. The molecule has 1 aliphatic carbocycles. The Morgan fingerprint density at radius 3 is 2.11 bits per heavy atom. The number of carbonyl (C=O) groups excluding carboxylic acids is 1. The Morgan fingerprint density at radius 1 is 1.17 bits per heavy atom. The molecule has 0 spiro atoms. The number of halogens is 1. The van der Waals surface area contributed by atoms with Crippen LogP contribution in [0.1, 0.15) is 25.7 Å². The maximum atomic E-state index is 12.0. The zero-order valence-electron chi connectivity index (χ0n) is 9.48. The second-order valence-electron chi connectivity index (χ2n) is 4.15. The molecule has 0 radical (unpaired) electrons. The summed E-state index contributed by atoms with van der Waals surface area (Å²) in [5, 5.41) is 36.3. The van der Waals surface area contributed by atoms with Crippen LogP contribution in [0.15, 0.2) is 0 Å². The smallest absolute Gasteiger partial charge is 0.198 e. The Bertz CT molecular complexity index is 502. The SMILES string of the molecule is N#CC(C#N)C(C#N)(C#N)C1(Cl)CCCCC1=O. The summed E-state index contributed by atoms with van der Waals surface area (Å²) in [7, 11) is 0. The van der Waals surface area contributed by atoms with Crippen molar-refractivity contribution in [2.75, 3.05) is 0 Å². The van der Waals surface area contributed by atoms with E-state index in [1.165, 1.54) is 0 Å². The molecular formula is C12H9ClN4O. The normalized spacial score (nSPS) is 23.6. The first-order valence-corrected chi connectivity index (χ1v) is 5.74. The Kier molecular flexibility index (Phi) is 3.93. The minimum absolute atomic E-state index is 0.133. The highest BCUT2D eigenvalue weighted by Crippen LogP contribution is 2.49. The highest BCUT2D eigenvalue weighted by molar-refractivity contribution is 6.36. The van der Waals surface area contributed by atoms with E-state index >= 15 is 0 Å². The van der Waals surface area contributed by atoms with Crippen molar-refractivity contribution in [2.45, 2.75) is 30.6 Å². The molecule has 0 bridgehead atoms. The van der Waals surface area contributed by atoms with Gasteiger partial charge in [-0.05, 0) is 12.8 Å². The molecule has 0 N–H and O–H groups in total. The summed E-state index contributed by atoms with van der Waals surface area (Å²) in [5.41, 5.74) is -2.12. The molecule has 1 unspecified atom stereocenters. The van der Waals surface area contributed by atoms with Crippen LogP contribution in [0, 0.1) is 56.7 Å². The predicted octanol–water partition coefficient (Wildman–Crippen LogP) is 1.80. The molecule has 0 aromatic rings. The van der Waals surface area contributed by atoms with Gasteiger partial charge in [0.05, 0.1) is 24.3 Å². The Balaban J connectivity index is 3.44. The van der Waals surface area contributed by atoms with Gasteiger partial charge in [-0.25, -0.2) is 0 Å². The van der Waals surface area contributed by atoms with Gasteiger partial charge in [0.25, 0.3) is 0 Å². The van der Waals surface area contributed by atoms with E-state index in [0.717, 1.165) is 0 Å². The van der Waals surface area contributed by atoms with Crippen molar-refractivity contribution in [1.29, 1.82) is 21.0 Å². The van der Waals surface area contributed by atoms with Gasteiger partial charge in [0.1, 0.15) is 4.87 Å². The second-order valence-corrected chi connectivity index (χ2v) is 4.80. The van der Waals surface area contributed by atoms with Gasteiger partial charge in [-0.1, -0.05) is 6.42 Å². The first-order valence-electron chi connectivity index (χ1n) is 5.36. The third-order valence-corrected chi connectivity index (χ3v) is 3.98. The summed E-state index contributed by atoms with van der Waals surface area (Å²) >= 11 is 6.20. The number of hydrogen-bond acceptors (Lipinski definition) is 5. The number of alkyl halides is 1. The van der Waals surface area contributed by atoms with Crippen molar-refractivity contribution in [3.8, 4) is 24.3 Å². The molecule has 5 nitrogen and oxygen atoms in total. The fourth-order valence-corrected chi connectivity index (χ4v) is 2.61. The molecule has 18 heavy (non-hydrogen) atoms. The summed E-state index contributed by atoms with van der Waals surface area (Å²) in [6.45, 7) is 0. The van der Waals surface area contributed by atoms with Gasteiger partial charge in [-0.2, -0.15) is 21.0 Å². The van der Waals surface area contributed by atoms with Crippen LogP contribution < -0.4 is 0 Å². The summed E-state index contributed by atoms with van der Waals surface area (Å²) in [6, 6.07) is 6.49. The van der Waals surface area contributed by atoms with Crippen LogP contribution in [0.2, 0.25) is 0 Å². The molecule has 1 saturated carbocycles. The fraction of sp³-hybridized carbons (Fsp3) is 0.583. The molecule has 1 rings (SSSR count). The monoisotopic (exact) mass is 260 g/mol. The van der Waals surface area contributed by atoms with Crippen molar-refractivity contribution in [3.05, 3.63) is 0 Å². The lowest BCUT2D eigenvalue weighted by Crippen LogP contribution is -2.53. The van der Waals surface area contributed by atoms with Gasteiger partial charge in [0, 0.05) is 6.42 Å². The van der Waals surface area contributed by atoms with Crippen LogP contribution in [-0.2, 0) is 4.79 Å². The molecule has 90 valence electrons. The Hall–Kier alpha value is -2.08. The maximum absolute atomic E-state index is 12.0. The Labute approximate surface area is 110 Å². The number of rotatable bonds is 2. The number of Topliss-reactive ketones (excluding diaryl/α,β-unsaturated/α-hetero) is 1. The molecule has 0 amide bonds. The average Bonchev–Trinajstić information content (AvgIpc) is 2.39. The van der Waals surface area contributed by atoms with Gasteiger partial charge >= 0.3 is 0 Å². The standard InChI is InChI=1S/C12H9ClN4O/c13-12(4-2-1-3-10(12)18)11(7-16,8-17)9(5-14)6-15/h9H,1-4H2. The minimum atomic E-state index is -2.12. The van der Waals surface area contributed by atoms with E-state index < -0.39 is 22.0 Å². The second kappa shape index (κ2) is 5.05. The zero-order chi connectivity index (χ0) is 13.8. The number of ketones is 1. The summed E-state index contributed by atoms with van der Waals surface area (Å²) in [5.74, 6) is -1.99. The molecular weight excluding hydrogens is 252 g/mol. The average molecular weight is 261 g/mol. The molecule has 6 heteroatoms. The third-order valence-electron chi connectivity index (χ3n) is 3.29. The molecule has 1 fully saturated rings. The molecule has 0 heterocycles. The third kappa shape index (κ3) is 1.70. The minimum Gasteiger partial charge on any atom is -0.298 e. The number of hydrogen-bond donors (Lipinski definition) is 0. The van der Waals surface area contributed by atoms with Gasteiger partial charge in [-0.15, -0.1) is 11.6 Å². The van der Waals surface area contributed by atoms with Gasteiger partial charge in [-0.3, -0.25) is 4.79 Å². The number of nitriles is 4. The zero-order valence-corrected chi connectivity index (χ0v) is 10.2. The van der Waals surface area contributed by atoms with Crippen molar-refractivity contribution in [1.82, 2.24) is 0 Å². The largest absolute Gasteiger partial charge is 0.298 e. The van der Waals surface area contributed by atoms with Gasteiger partial charge in [0.2, 0.25) is 0 Å². The van der Waals surface area contributed by atoms with Crippen LogP contribution in [0.4, 0.5) is 0 Å². The summed E-state index contributed by atoms with van der Waals surface area (Å²) in [4.78, 5) is 10.2. The van der Waals surface area contributed by atoms with Crippen LogP contribution in [-0.4, -0.2) is 10.7 Å². The fourth-order valence-electron chi connectivity index (χ4n) is 2.19. The van der Waals surface area contributed by atoms with Gasteiger partial charge in [0.15, 0.2) is 17.1 Å². The van der Waals surface area contributed by atoms with E-state index in [-0.39, 0.29) is 12.8 Å². The predicted molar refractivity (Wildman–Crippen MR) is 60.4 cm³/mol. The van der Waals surface area contributed by atoms with E-state index in [2.05, 4.69) is 0 Å². The van der Waals surface area contributed by atoms with Crippen LogP contribution in [0.3, 0.4) is 0 Å². The Morgan fingerprint density at radius 2 is 1.72 bits per heavy atom. The lowest BCUT2D eigenvalue weighted by molar-refractivity contribution is -0.125. The van der Waals surface area contributed by atoms with Crippen molar-refractivity contribution >= 4 is 17.4 Å². The topological polar surface area (TPSA) is 112 Å². The molecule has 1 atom stereocenters. The van der Waals surface area contributed by atoms with Crippen LogP contribution >= 0.6 is 11.6 Å². The van der Waals surface area contributed by atoms with E-state index in [9.17, 15) is 15.3 Å². The van der Waals surface area contributed by atoms with Crippen molar-refractivity contribution < 1.29 is 4.79 Å². The van der Waals surface area contributed by atoms with E-state index in [4.69, 9.17) is 22.1 Å². The van der Waals surface area contributed by atoms with E-state index in [0.29, 0.717) is 12.8 Å². The summed E-state index contributed by atoms with van der Waals surface area (Å²) in [6.07, 6.45) is 1.53. The van der Waals surface area contributed by atoms with Crippen molar-refractivity contribution in [2.24, 2.45) is 11.3 Å². The highest BCUT2D eigenvalue weighted by atomic mass is 35.5. The van der Waals surface area contributed by atoms with Crippen LogP contribution in [0.25, 0.3) is 0 Å². The first-order chi connectivity index (χ1) is 8.52. The van der Waals surface area contributed by atoms with Crippen LogP contribution in [0.5, 0.6) is 0 Å². The van der Waals surface area contributed by atoms with E-state index in [1.54, 1.807) is 24.3 Å². The first kappa shape index (κ1) is 14.0. The molecule has 1 aliphatic rings. The van der Waals surface area contributed by atoms with E-state index in [1.807, 2.05) is 0 Å². The quantitative estimate of drug-likeness (QED) is 0.703. The molecule has 0 aromatic heterocycles. The van der Waals surface area contributed by atoms with Crippen molar-refractivity contribution in [3.63, 3.8) is 0 Å². The lowest BCUT2D eigenvalue weighted by atomic mass is 9.63. The number of nitrogens with zero attached hydrogens (tertiary/aromatic N) is 4. The van der Waals surface area contributed by atoms with Gasteiger partial charge < -0.3 is 0 Å². The maximum Gasteiger partial charge on any atom is 0.198 e. The number of carbonyl (C=O) groups is 1. The highest BCUT2D eigenvalue weighted by Gasteiger charge is 2.61. The summed E-state index contributed by atoms with van der Waals surface area (Å²) < 4.78 is 0.